The third-order valence-corrected chi connectivity index (χ3v) is 5.16. The Morgan fingerprint density at radius 1 is 1.03 bits per heavy atom. The Balaban J connectivity index is 1.70. The minimum Gasteiger partial charge on any atom is -0.495 e. The molecule has 0 aliphatic rings. The Kier molecular flexibility index (Phi) is 6.99. The van der Waals surface area contributed by atoms with Crippen LogP contribution in [-0.4, -0.2) is 25.5 Å². The summed E-state index contributed by atoms with van der Waals surface area (Å²) >= 11 is 1.64. The van der Waals surface area contributed by atoms with Crippen molar-refractivity contribution in [3.8, 4) is 5.75 Å². The lowest BCUT2D eigenvalue weighted by Gasteiger charge is -2.18. The van der Waals surface area contributed by atoms with Gasteiger partial charge in [0.25, 0.3) is 0 Å². The standard InChI is InChI=1S/C22H23N3O3S/c1-15(26)24-17-10-11-19(28-2)18(13-17)25-21(27)14-23-22(20-9-6-12-29-20)16-7-4-3-5-8-16/h3-13,22-23H,14H2,1-2H3,(H,24,26)(H,25,27)/t22-/m0/s1. The van der Waals surface area contributed by atoms with E-state index in [4.69, 9.17) is 4.74 Å². The normalized spacial score (nSPS) is 11.5. The van der Waals surface area contributed by atoms with Crippen molar-refractivity contribution in [2.45, 2.75) is 13.0 Å². The van der Waals surface area contributed by atoms with E-state index >= 15 is 0 Å². The molecule has 0 aliphatic carbocycles. The second-order valence-corrected chi connectivity index (χ2v) is 7.36. The Bertz CT molecular complexity index is 959. The monoisotopic (exact) mass is 409 g/mol. The number of hydrogen-bond donors (Lipinski definition) is 3. The highest BCUT2D eigenvalue weighted by Crippen LogP contribution is 2.28. The summed E-state index contributed by atoms with van der Waals surface area (Å²) in [6.45, 7) is 1.55. The van der Waals surface area contributed by atoms with Gasteiger partial charge in [0.1, 0.15) is 5.75 Å². The number of hydrogen-bond acceptors (Lipinski definition) is 5. The number of rotatable bonds is 8. The van der Waals surface area contributed by atoms with Crippen LogP contribution >= 0.6 is 11.3 Å². The fourth-order valence-electron chi connectivity index (χ4n) is 2.96. The van der Waals surface area contributed by atoms with Crippen molar-refractivity contribution in [3.05, 3.63) is 76.5 Å². The van der Waals surface area contributed by atoms with Gasteiger partial charge in [-0.15, -0.1) is 11.3 Å². The average Bonchev–Trinajstić information content (AvgIpc) is 3.23. The Morgan fingerprint density at radius 2 is 1.83 bits per heavy atom. The molecule has 1 heterocycles. The molecule has 29 heavy (non-hydrogen) atoms. The molecule has 2 aromatic carbocycles. The summed E-state index contributed by atoms with van der Waals surface area (Å²) in [5.74, 6) is 0.127. The third kappa shape index (κ3) is 5.66. The predicted octanol–water partition coefficient (Wildman–Crippen LogP) is 4.03. The first-order valence-electron chi connectivity index (χ1n) is 9.14. The molecule has 3 N–H and O–H groups in total. The quantitative estimate of drug-likeness (QED) is 0.525. The number of carbonyl (C=O) groups excluding carboxylic acids is 2. The molecule has 0 radical (unpaired) electrons. The van der Waals surface area contributed by atoms with E-state index in [1.165, 1.54) is 14.0 Å². The van der Waals surface area contributed by atoms with E-state index in [1.54, 1.807) is 29.5 Å². The van der Waals surface area contributed by atoms with Gasteiger partial charge in [0.15, 0.2) is 0 Å². The van der Waals surface area contributed by atoms with E-state index in [0.29, 0.717) is 17.1 Å². The fourth-order valence-corrected chi connectivity index (χ4v) is 3.79. The maximum Gasteiger partial charge on any atom is 0.238 e. The van der Waals surface area contributed by atoms with Crippen molar-refractivity contribution >= 4 is 34.5 Å². The van der Waals surface area contributed by atoms with Gasteiger partial charge in [0.2, 0.25) is 11.8 Å². The molecule has 0 saturated heterocycles. The smallest absolute Gasteiger partial charge is 0.238 e. The minimum absolute atomic E-state index is 0.0745. The van der Waals surface area contributed by atoms with Crippen molar-refractivity contribution in [2.24, 2.45) is 0 Å². The number of methoxy groups -OCH3 is 1. The molecule has 0 aliphatic heterocycles. The first kappa shape index (κ1) is 20.6. The molecule has 0 unspecified atom stereocenters. The molecule has 3 rings (SSSR count). The maximum atomic E-state index is 12.6. The van der Waals surface area contributed by atoms with Gasteiger partial charge in [-0.2, -0.15) is 0 Å². The van der Waals surface area contributed by atoms with E-state index in [9.17, 15) is 9.59 Å². The fraction of sp³-hybridized carbons (Fsp3) is 0.182. The minimum atomic E-state index is -0.208. The lowest BCUT2D eigenvalue weighted by molar-refractivity contribution is -0.115. The van der Waals surface area contributed by atoms with Crippen LogP contribution in [0.5, 0.6) is 5.75 Å². The van der Waals surface area contributed by atoms with Gasteiger partial charge < -0.3 is 15.4 Å². The van der Waals surface area contributed by atoms with Crippen LogP contribution in [-0.2, 0) is 9.59 Å². The number of thiophene rings is 1. The van der Waals surface area contributed by atoms with Crippen LogP contribution in [0.4, 0.5) is 11.4 Å². The van der Waals surface area contributed by atoms with Crippen molar-refractivity contribution in [3.63, 3.8) is 0 Å². The highest BCUT2D eigenvalue weighted by molar-refractivity contribution is 7.10. The van der Waals surface area contributed by atoms with Crippen molar-refractivity contribution in [1.29, 1.82) is 0 Å². The SMILES string of the molecule is COc1ccc(NC(C)=O)cc1NC(=O)CN[C@@H](c1ccccc1)c1cccs1. The van der Waals surface area contributed by atoms with E-state index in [2.05, 4.69) is 16.0 Å². The first-order chi connectivity index (χ1) is 14.1. The molecule has 1 aromatic heterocycles. The average molecular weight is 410 g/mol. The summed E-state index contributed by atoms with van der Waals surface area (Å²) in [7, 11) is 1.53. The molecule has 7 heteroatoms. The van der Waals surface area contributed by atoms with Gasteiger partial charge in [-0.1, -0.05) is 36.4 Å². The van der Waals surface area contributed by atoms with Crippen LogP contribution in [0, 0.1) is 0 Å². The first-order valence-corrected chi connectivity index (χ1v) is 10.0. The van der Waals surface area contributed by atoms with Crippen LogP contribution in [0.2, 0.25) is 0 Å². The summed E-state index contributed by atoms with van der Waals surface area (Å²) < 4.78 is 5.31. The Hall–Kier alpha value is -3.16. The lowest BCUT2D eigenvalue weighted by atomic mass is 10.1. The highest BCUT2D eigenvalue weighted by Gasteiger charge is 2.17. The van der Waals surface area contributed by atoms with Gasteiger partial charge in [0, 0.05) is 17.5 Å². The summed E-state index contributed by atoms with van der Waals surface area (Å²) in [5.41, 5.74) is 2.17. The molecule has 0 spiro atoms. The van der Waals surface area contributed by atoms with Crippen LogP contribution in [0.3, 0.4) is 0 Å². The number of amides is 2. The number of carbonyl (C=O) groups is 2. The molecular formula is C22H23N3O3S. The largest absolute Gasteiger partial charge is 0.495 e. The summed E-state index contributed by atoms with van der Waals surface area (Å²) in [4.78, 5) is 25.0. The zero-order valence-electron chi connectivity index (χ0n) is 16.3. The summed E-state index contributed by atoms with van der Waals surface area (Å²) in [6, 6.07) is 19.1. The number of anilines is 2. The van der Waals surface area contributed by atoms with Gasteiger partial charge >= 0.3 is 0 Å². The van der Waals surface area contributed by atoms with Crippen molar-refractivity contribution < 1.29 is 14.3 Å². The van der Waals surface area contributed by atoms with Crippen LogP contribution in [0.1, 0.15) is 23.4 Å². The summed E-state index contributed by atoms with van der Waals surface area (Å²) in [6.07, 6.45) is 0. The Morgan fingerprint density at radius 3 is 2.48 bits per heavy atom. The number of ether oxygens (including phenoxy) is 1. The van der Waals surface area contributed by atoms with E-state index in [0.717, 1.165) is 10.4 Å². The molecule has 150 valence electrons. The molecule has 0 saturated carbocycles. The highest BCUT2D eigenvalue weighted by atomic mass is 32.1. The van der Waals surface area contributed by atoms with Gasteiger partial charge in [-0.25, -0.2) is 0 Å². The predicted molar refractivity (Wildman–Crippen MR) is 117 cm³/mol. The van der Waals surface area contributed by atoms with Crippen LogP contribution in [0.15, 0.2) is 66.0 Å². The zero-order valence-corrected chi connectivity index (χ0v) is 17.1. The molecule has 2 amide bonds. The van der Waals surface area contributed by atoms with E-state index in [-0.39, 0.29) is 24.4 Å². The molecule has 0 bridgehead atoms. The zero-order chi connectivity index (χ0) is 20.6. The van der Waals surface area contributed by atoms with Gasteiger partial charge in [-0.3, -0.25) is 14.9 Å². The van der Waals surface area contributed by atoms with E-state index < -0.39 is 0 Å². The number of nitrogens with one attached hydrogen (secondary N) is 3. The topological polar surface area (TPSA) is 79.5 Å². The third-order valence-electron chi connectivity index (χ3n) is 4.22. The molecule has 3 aromatic rings. The lowest BCUT2D eigenvalue weighted by Crippen LogP contribution is -2.31. The van der Waals surface area contributed by atoms with Crippen LogP contribution < -0.4 is 20.7 Å². The van der Waals surface area contributed by atoms with Crippen molar-refractivity contribution in [1.82, 2.24) is 5.32 Å². The van der Waals surface area contributed by atoms with Crippen LogP contribution in [0.25, 0.3) is 0 Å². The molecule has 0 fully saturated rings. The second kappa shape index (κ2) is 9.86. The molecule has 1 atom stereocenters. The van der Waals surface area contributed by atoms with E-state index in [1.807, 2.05) is 47.8 Å². The summed E-state index contributed by atoms with van der Waals surface area (Å²) in [5, 5.41) is 10.9. The Labute approximate surface area is 173 Å². The number of benzene rings is 2. The second-order valence-electron chi connectivity index (χ2n) is 6.38. The van der Waals surface area contributed by atoms with Gasteiger partial charge in [0.05, 0.1) is 25.4 Å². The molecular weight excluding hydrogens is 386 g/mol. The molecule has 6 nitrogen and oxygen atoms in total. The van der Waals surface area contributed by atoms with Gasteiger partial charge in [-0.05, 0) is 35.2 Å². The van der Waals surface area contributed by atoms with Crippen molar-refractivity contribution in [2.75, 3.05) is 24.3 Å². The maximum absolute atomic E-state index is 12.6.